The van der Waals surface area contributed by atoms with Crippen LogP contribution in [0.15, 0.2) is 21.9 Å². The molecule has 23 heavy (non-hydrogen) atoms. The summed E-state index contributed by atoms with van der Waals surface area (Å²) >= 11 is 0. The first-order chi connectivity index (χ1) is 10.4. The first-order valence-corrected chi connectivity index (χ1v) is 10.3. The lowest BCUT2D eigenvalue weighted by molar-refractivity contribution is -0.137. The summed E-state index contributed by atoms with van der Waals surface area (Å²) in [6, 6.07) is 2.77. The second kappa shape index (κ2) is 6.98. The summed E-state index contributed by atoms with van der Waals surface area (Å²) in [5.74, 6) is -1.27. The minimum absolute atomic E-state index is 0.0379. The van der Waals surface area contributed by atoms with Crippen LogP contribution < -0.4 is 0 Å². The van der Waals surface area contributed by atoms with Crippen LogP contribution in [0.4, 0.5) is 0 Å². The molecular weight excluding hydrogens is 342 g/mol. The molecule has 0 fully saturated rings. The fourth-order valence-corrected chi connectivity index (χ4v) is 5.21. The minimum atomic E-state index is -4.11. The Morgan fingerprint density at radius 2 is 1.65 bits per heavy atom. The highest BCUT2D eigenvalue weighted by Crippen LogP contribution is 2.27. The number of aliphatic carboxylic acids is 1. The molecule has 0 saturated carbocycles. The van der Waals surface area contributed by atoms with Crippen LogP contribution in [0, 0.1) is 13.8 Å². The smallest absolute Gasteiger partial charge is 0.318 e. The third-order valence-corrected chi connectivity index (χ3v) is 6.45. The Hall–Kier alpha value is -1.45. The molecule has 1 aromatic rings. The molecule has 0 unspecified atom stereocenters. The van der Waals surface area contributed by atoms with Gasteiger partial charge in [-0.15, -0.1) is 0 Å². The average Bonchev–Trinajstić information content (AvgIpc) is 2.38. The molecule has 0 aliphatic rings. The molecule has 0 aliphatic carbocycles. The number of carboxylic acids is 1. The van der Waals surface area contributed by atoms with Crippen molar-refractivity contribution in [3.8, 4) is 0 Å². The number of benzene rings is 1. The molecule has 0 spiro atoms. The minimum Gasteiger partial charge on any atom is -0.480 e. The molecular formula is C14H21NO6S2. The average molecular weight is 363 g/mol. The number of aryl methyl sites for hydroxylation is 1. The van der Waals surface area contributed by atoms with Gasteiger partial charge in [0.05, 0.1) is 9.79 Å². The van der Waals surface area contributed by atoms with Crippen LogP contribution in [0.3, 0.4) is 0 Å². The predicted octanol–water partition coefficient (Wildman–Crippen LogP) is 1.19. The number of carbonyl (C=O) groups is 1. The van der Waals surface area contributed by atoms with Crippen molar-refractivity contribution in [1.29, 1.82) is 0 Å². The second-order valence-corrected chi connectivity index (χ2v) is 9.28. The molecule has 1 aromatic carbocycles. The molecule has 0 amide bonds. The normalized spacial score (nSPS) is 12.6. The summed E-state index contributed by atoms with van der Waals surface area (Å²) in [6.45, 7) is 4.10. The third-order valence-electron chi connectivity index (χ3n) is 3.26. The zero-order chi connectivity index (χ0) is 18.0. The van der Waals surface area contributed by atoms with Crippen molar-refractivity contribution in [2.24, 2.45) is 0 Å². The molecule has 1 N–H and O–H groups in total. The van der Waals surface area contributed by atoms with Gasteiger partial charge in [0.2, 0.25) is 10.0 Å². The standard InChI is InChI=1S/C14H21NO6S2/c1-5-6-15(9-14(16)17)23(20,21)13-8-10(2)7-12(11(13)3)22(4,18)19/h7-8H,5-6,9H2,1-4H3,(H,16,17). The van der Waals surface area contributed by atoms with Gasteiger partial charge in [0.15, 0.2) is 9.84 Å². The largest absolute Gasteiger partial charge is 0.480 e. The first kappa shape index (κ1) is 19.6. The van der Waals surface area contributed by atoms with Gasteiger partial charge in [0, 0.05) is 12.8 Å². The van der Waals surface area contributed by atoms with E-state index in [1.165, 1.54) is 19.1 Å². The maximum Gasteiger partial charge on any atom is 0.318 e. The number of carboxylic acid groups (broad SMARTS) is 1. The van der Waals surface area contributed by atoms with Crippen LogP contribution in [-0.4, -0.2) is 51.6 Å². The lowest BCUT2D eigenvalue weighted by Gasteiger charge is -2.22. The lowest BCUT2D eigenvalue weighted by atomic mass is 10.2. The molecule has 0 saturated heterocycles. The van der Waals surface area contributed by atoms with E-state index < -0.39 is 32.4 Å². The molecule has 9 heteroatoms. The molecule has 0 radical (unpaired) electrons. The summed E-state index contributed by atoms with van der Waals surface area (Å²) in [6.07, 6.45) is 1.45. The summed E-state index contributed by atoms with van der Waals surface area (Å²) in [5.41, 5.74) is 0.575. The summed E-state index contributed by atoms with van der Waals surface area (Å²) in [5, 5.41) is 8.93. The Bertz CT molecular complexity index is 812. The van der Waals surface area contributed by atoms with E-state index in [1.54, 1.807) is 13.8 Å². The Kier molecular flexibility index (Phi) is 5.95. The van der Waals surface area contributed by atoms with E-state index in [1.807, 2.05) is 0 Å². The van der Waals surface area contributed by atoms with Crippen molar-refractivity contribution in [2.45, 2.75) is 37.0 Å². The molecule has 0 heterocycles. The first-order valence-electron chi connectivity index (χ1n) is 6.94. The van der Waals surface area contributed by atoms with E-state index in [-0.39, 0.29) is 21.9 Å². The number of nitrogens with zero attached hydrogens (tertiary/aromatic N) is 1. The monoisotopic (exact) mass is 363 g/mol. The van der Waals surface area contributed by atoms with E-state index >= 15 is 0 Å². The Labute approximate surface area is 136 Å². The van der Waals surface area contributed by atoms with E-state index in [4.69, 9.17) is 5.11 Å². The summed E-state index contributed by atoms with van der Waals surface area (Å²) in [4.78, 5) is 10.7. The Morgan fingerprint density at radius 3 is 2.09 bits per heavy atom. The topological polar surface area (TPSA) is 109 Å². The van der Waals surface area contributed by atoms with Crippen molar-refractivity contribution in [3.63, 3.8) is 0 Å². The van der Waals surface area contributed by atoms with Gasteiger partial charge >= 0.3 is 5.97 Å². The van der Waals surface area contributed by atoms with Gasteiger partial charge in [-0.1, -0.05) is 6.92 Å². The number of sulfonamides is 1. The van der Waals surface area contributed by atoms with Gasteiger partial charge < -0.3 is 5.11 Å². The van der Waals surface area contributed by atoms with Crippen LogP contribution in [0.1, 0.15) is 24.5 Å². The fourth-order valence-electron chi connectivity index (χ4n) is 2.27. The SMILES string of the molecule is CCCN(CC(=O)O)S(=O)(=O)c1cc(C)cc(S(C)(=O)=O)c1C. The van der Waals surface area contributed by atoms with Gasteiger partial charge in [-0.3, -0.25) is 4.79 Å². The van der Waals surface area contributed by atoms with Gasteiger partial charge in [-0.05, 0) is 43.5 Å². The second-order valence-electron chi connectivity index (χ2n) is 5.39. The molecule has 0 atom stereocenters. The highest BCUT2D eigenvalue weighted by molar-refractivity contribution is 7.91. The van der Waals surface area contributed by atoms with Crippen LogP contribution >= 0.6 is 0 Å². The van der Waals surface area contributed by atoms with Gasteiger partial charge in [0.1, 0.15) is 6.54 Å². The molecule has 0 bridgehead atoms. The van der Waals surface area contributed by atoms with Crippen molar-refractivity contribution >= 4 is 25.8 Å². The maximum atomic E-state index is 12.8. The number of hydrogen-bond donors (Lipinski definition) is 1. The van der Waals surface area contributed by atoms with Crippen LogP contribution in [-0.2, 0) is 24.7 Å². The quantitative estimate of drug-likeness (QED) is 0.779. The third kappa shape index (κ3) is 4.52. The zero-order valence-electron chi connectivity index (χ0n) is 13.5. The van der Waals surface area contributed by atoms with E-state index in [0.29, 0.717) is 12.0 Å². The summed E-state index contributed by atoms with van der Waals surface area (Å²) < 4.78 is 50.1. The number of hydrogen-bond acceptors (Lipinski definition) is 5. The van der Waals surface area contributed by atoms with Gasteiger partial charge in [-0.2, -0.15) is 4.31 Å². The Morgan fingerprint density at radius 1 is 1.13 bits per heavy atom. The number of rotatable bonds is 7. The molecule has 130 valence electrons. The van der Waals surface area contributed by atoms with E-state index in [0.717, 1.165) is 10.6 Å². The maximum absolute atomic E-state index is 12.8. The highest BCUT2D eigenvalue weighted by atomic mass is 32.2. The van der Waals surface area contributed by atoms with Crippen molar-refractivity contribution in [3.05, 3.63) is 23.3 Å². The highest BCUT2D eigenvalue weighted by Gasteiger charge is 2.29. The van der Waals surface area contributed by atoms with Crippen LogP contribution in [0.25, 0.3) is 0 Å². The van der Waals surface area contributed by atoms with Crippen LogP contribution in [0.5, 0.6) is 0 Å². The van der Waals surface area contributed by atoms with Crippen molar-refractivity contribution in [1.82, 2.24) is 4.31 Å². The lowest BCUT2D eigenvalue weighted by Crippen LogP contribution is -2.36. The predicted molar refractivity (Wildman–Crippen MR) is 85.7 cm³/mol. The van der Waals surface area contributed by atoms with Crippen LogP contribution in [0.2, 0.25) is 0 Å². The molecule has 0 aliphatic heterocycles. The van der Waals surface area contributed by atoms with E-state index in [2.05, 4.69) is 0 Å². The van der Waals surface area contributed by atoms with E-state index in [9.17, 15) is 21.6 Å². The molecule has 0 aromatic heterocycles. The number of sulfone groups is 1. The van der Waals surface area contributed by atoms with Gasteiger partial charge in [0.25, 0.3) is 0 Å². The Balaban J connectivity index is 3.60. The molecule has 7 nitrogen and oxygen atoms in total. The molecule has 1 rings (SSSR count). The summed E-state index contributed by atoms with van der Waals surface area (Å²) in [7, 11) is -7.71. The zero-order valence-corrected chi connectivity index (χ0v) is 15.2. The van der Waals surface area contributed by atoms with Crippen molar-refractivity contribution in [2.75, 3.05) is 19.3 Å². The van der Waals surface area contributed by atoms with Gasteiger partial charge in [-0.25, -0.2) is 16.8 Å². The van der Waals surface area contributed by atoms with Crippen molar-refractivity contribution < 1.29 is 26.7 Å². The fraction of sp³-hybridized carbons (Fsp3) is 0.500.